The Bertz CT molecular complexity index is 814. The average molecular weight is 299 g/mol. The Balaban J connectivity index is 1.85. The van der Waals surface area contributed by atoms with E-state index in [2.05, 4.69) is 15.3 Å². The molecule has 0 spiro atoms. The number of aromatic nitrogens is 2. The Hall–Kier alpha value is -2.47. The van der Waals surface area contributed by atoms with E-state index >= 15 is 0 Å². The molecule has 3 aromatic rings. The zero-order valence-corrected chi connectivity index (χ0v) is 12.4. The summed E-state index contributed by atoms with van der Waals surface area (Å²) in [5.74, 6) is 0.289. The van der Waals surface area contributed by atoms with Crippen LogP contribution < -0.4 is 10.1 Å². The molecule has 0 saturated heterocycles. The van der Waals surface area contributed by atoms with Crippen LogP contribution in [0.25, 0.3) is 10.2 Å². The third kappa shape index (κ3) is 2.85. The first-order valence-corrected chi connectivity index (χ1v) is 7.16. The molecule has 0 unspecified atom stereocenters. The minimum absolute atomic E-state index is 0.170. The van der Waals surface area contributed by atoms with Crippen LogP contribution in [0.4, 0.5) is 5.69 Å². The van der Waals surface area contributed by atoms with Crippen molar-refractivity contribution in [1.82, 2.24) is 9.97 Å². The van der Waals surface area contributed by atoms with Gasteiger partial charge in [-0.1, -0.05) is 0 Å². The van der Waals surface area contributed by atoms with Gasteiger partial charge in [0.25, 0.3) is 5.91 Å². The molecule has 0 radical (unpaired) electrons. The van der Waals surface area contributed by atoms with Crippen molar-refractivity contribution in [1.29, 1.82) is 0 Å². The van der Waals surface area contributed by atoms with Gasteiger partial charge in [0.2, 0.25) is 5.88 Å². The fraction of sp³-hybridized carbons (Fsp3) is 0.133. The molecule has 0 fully saturated rings. The fourth-order valence-electron chi connectivity index (χ4n) is 1.98. The van der Waals surface area contributed by atoms with E-state index in [4.69, 9.17) is 4.74 Å². The number of aryl methyl sites for hydroxylation is 1. The number of anilines is 1. The lowest BCUT2D eigenvalue weighted by molar-refractivity contribution is 0.102. The molecule has 2 aromatic heterocycles. The van der Waals surface area contributed by atoms with E-state index in [9.17, 15) is 4.79 Å². The van der Waals surface area contributed by atoms with E-state index < -0.39 is 0 Å². The molecule has 0 aliphatic heterocycles. The van der Waals surface area contributed by atoms with Crippen LogP contribution >= 0.6 is 11.3 Å². The molecule has 0 aliphatic carbocycles. The van der Waals surface area contributed by atoms with Crippen LogP contribution in [0.1, 0.15) is 15.4 Å². The minimum atomic E-state index is -0.170. The highest BCUT2D eigenvalue weighted by molar-refractivity contribution is 7.18. The highest BCUT2D eigenvalue weighted by Gasteiger charge is 2.09. The number of carbonyl (C=O) groups excluding carboxylic acids is 1. The summed E-state index contributed by atoms with van der Waals surface area (Å²) < 4.78 is 6.04. The summed E-state index contributed by atoms with van der Waals surface area (Å²) in [6, 6.07) is 8.88. The van der Waals surface area contributed by atoms with Crippen LogP contribution in [0.5, 0.6) is 5.88 Å². The second-order valence-corrected chi connectivity index (χ2v) is 5.69. The van der Waals surface area contributed by atoms with E-state index in [0.29, 0.717) is 17.1 Å². The Morgan fingerprint density at radius 3 is 2.95 bits per heavy atom. The zero-order valence-electron chi connectivity index (χ0n) is 11.6. The van der Waals surface area contributed by atoms with E-state index in [1.54, 1.807) is 35.7 Å². The second-order valence-electron chi connectivity index (χ2n) is 4.46. The number of hydrogen-bond donors (Lipinski definition) is 1. The molecule has 1 aromatic carbocycles. The number of thiazole rings is 1. The normalized spacial score (nSPS) is 10.6. The highest BCUT2D eigenvalue weighted by Crippen LogP contribution is 2.23. The standard InChI is InChI=1S/C15H13N3O2S/c1-9-17-12-4-3-10(7-13(12)21-9)15(19)18-11-5-6-16-14(8-11)20-2/h3-8H,1-2H3,(H,16,18,19). The van der Waals surface area contributed by atoms with Gasteiger partial charge in [0, 0.05) is 23.5 Å². The molecular formula is C15H13N3O2S. The second kappa shape index (κ2) is 5.49. The SMILES string of the molecule is COc1cc(NC(=O)c2ccc3nc(C)sc3c2)ccn1. The maximum atomic E-state index is 12.3. The van der Waals surface area contributed by atoms with Gasteiger partial charge in [0.1, 0.15) is 0 Å². The van der Waals surface area contributed by atoms with Crippen molar-refractivity contribution in [3.05, 3.63) is 47.1 Å². The average Bonchev–Trinajstić information content (AvgIpc) is 2.86. The van der Waals surface area contributed by atoms with Crippen molar-refractivity contribution < 1.29 is 9.53 Å². The summed E-state index contributed by atoms with van der Waals surface area (Å²) in [5.41, 5.74) is 2.16. The zero-order chi connectivity index (χ0) is 14.8. The lowest BCUT2D eigenvalue weighted by atomic mass is 10.2. The minimum Gasteiger partial charge on any atom is -0.481 e. The number of carbonyl (C=O) groups is 1. The van der Waals surface area contributed by atoms with E-state index in [0.717, 1.165) is 15.2 Å². The number of amides is 1. The van der Waals surface area contributed by atoms with E-state index in [1.807, 2.05) is 19.1 Å². The summed E-state index contributed by atoms with van der Waals surface area (Å²) in [5, 5.41) is 3.82. The number of fused-ring (bicyclic) bond motifs is 1. The van der Waals surface area contributed by atoms with Gasteiger partial charge in [0.05, 0.1) is 22.3 Å². The molecule has 5 nitrogen and oxygen atoms in total. The van der Waals surface area contributed by atoms with Crippen LogP contribution in [0.15, 0.2) is 36.5 Å². The van der Waals surface area contributed by atoms with E-state index in [1.165, 1.54) is 7.11 Å². The molecule has 1 N–H and O–H groups in total. The number of rotatable bonds is 3. The number of ether oxygens (including phenoxy) is 1. The molecule has 21 heavy (non-hydrogen) atoms. The lowest BCUT2D eigenvalue weighted by Gasteiger charge is -2.06. The van der Waals surface area contributed by atoms with Gasteiger partial charge in [-0.25, -0.2) is 9.97 Å². The molecule has 6 heteroatoms. The van der Waals surface area contributed by atoms with E-state index in [-0.39, 0.29) is 5.91 Å². The lowest BCUT2D eigenvalue weighted by Crippen LogP contribution is -2.11. The smallest absolute Gasteiger partial charge is 0.255 e. The first kappa shape index (κ1) is 13.5. The summed E-state index contributed by atoms with van der Waals surface area (Å²) in [4.78, 5) is 20.7. The van der Waals surface area contributed by atoms with Crippen molar-refractivity contribution in [2.24, 2.45) is 0 Å². The molecule has 0 saturated carbocycles. The van der Waals surface area contributed by atoms with Crippen molar-refractivity contribution in [2.45, 2.75) is 6.92 Å². The third-order valence-electron chi connectivity index (χ3n) is 2.96. The van der Waals surface area contributed by atoms with Gasteiger partial charge in [-0.2, -0.15) is 0 Å². The van der Waals surface area contributed by atoms with Crippen molar-refractivity contribution >= 4 is 33.1 Å². The summed E-state index contributed by atoms with van der Waals surface area (Å²) in [6.45, 7) is 1.95. The number of benzene rings is 1. The van der Waals surface area contributed by atoms with Gasteiger partial charge in [-0.15, -0.1) is 11.3 Å². The molecule has 106 valence electrons. The molecule has 1 amide bonds. The number of nitrogens with one attached hydrogen (secondary N) is 1. The molecule has 0 aliphatic rings. The molecular weight excluding hydrogens is 286 g/mol. The van der Waals surface area contributed by atoms with Gasteiger partial charge < -0.3 is 10.1 Å². The van der Waals surface area contributed by atoms with Gasteiger partial charge in [0.15, 0.2) is 0 Å². The summed E-state index contributed by atoms with van der Waals surface area (Å²) in [7, 11) is 1.54. The van der Waals surface area contributed by atoms with Crippen LogP contribution in [0.3, 0.4) is 0 Å². The molecule has 2 heterocycles. The van der Waals surface area contributed by atoms with Gasteiger partial charge in [-0.3, -0.25) is 4.79 Å². The first-order chi connectivity index (χ1) is 10.2. The van der Waals surface area contributed by atoms with Crippen LogP contribution in [-0.4, -0.2) is 23.0 Å². The van der Waals surface area contributed by atoms with Crippen molar-refractivity contribution in [3.8, 4) is 5.88 Å². The third-order valence-corrected chi connectivity index (χ3v) is 3.89. The Morgan fingerprint density at radius 1 is 1.29 bits per heavy atom. The largest absolute Gasteiger partial charge is 0.481 e. The van der Waals surface area contributed by atoms with Crippen LogP contribution in [-0.2, 0) is 0 Å². The summed E-state index contributed by atoms with van der Waals surface area (Å²) in [6.07, 6.45) is 1.59. The quantitative estimate of drug-likeness (QED) is 0.806. The Morgan fingerprint density at radius 2 is 2.14 bits per heavy atom. The predicted octanol–water partition coefficient (Wildman–Crippen LogP) is 3.26. The van der Waals surface area contributed by atoms with Crippen molar-refractivity contribution in [3.63, 3.8) is 0 Å². The predicted molar refractivity (Wildman–Crippen MR) is 83.1 cm³/mol. The maximum absolute atomic E-state index is 12.3. The van der Waals surface area contributed by atoms with Crippen LogP contribution in [0.2, 0.25) is 0 Å². The number of pyridine rings is 1. The molecule has 0 bridgehead atoms. The first-order valence-electron chi connectivity index (χ1n) is 6.34. The Kier molecular flexibility index (Phi) is 3.53. The summed E-state index contributed by atoms with van der Waals surface area (Å²) >= 11 is 1.57. The fourth-order valence-corrected chi connectivity index (χ4v) is 2.85. The van der Waals surface area contributed by atoms with Crippen molar-refractivity contribution in [2.75, 3.05) is 12.4 Å². The monoisotopic (exact) mass is 299 g/mol. The molecule has 0 atom stereocenters. The number of methoxy groups -OCH3 is 1. The highest BCUT2D eigenvalue weighted by atomic mass is 32.1. The topological polar surface area (TPSA) is 64.1 Å². The Labute approximate surface area is 125 Å². The number of nitrogens with zero attached hydrogens (tertiary/aromatic N) is 2. The number of hydrogen-bond acceptors (Lipinski definition) is 5. The van der Waals surface area contributed by atoms with Gasteiger partial charge in [-0.05, 0) is 31.2 Å². The maximum Gasteiger partial charge on any atom is 0.255 e. The van der Waals surface area contributed by atoms with Gasteiger partial charge >= 0.3 is 0 Å². The molecule has 3 rings (SSSR count). The van der Waals surface area contributed by atoms with Crippen LogP contribution in [0, 0.1) is 6.92 Å².